The van der Waals surface area contributed by atoms with E-state index < -0.39 is 0 Å². The van der Waals surface area contributed by atoms with Crippen LogP contribution in [0.3, 0.4) is 0 Å². The predicted molar refractivity (Wildman–Crippen MR) is 62.5 cm³/mol. The average Bonchev–Trinajstić information content (AvgIpc) is 2.19. The Hall–Kier alpha value is -1.51. The standard InChI is InChI=1S/C12H18N2O/c1-8-5-4-6-11(10(8)3)15-7-9(2)12(13)14/h4-6,9H,7H2,1-3H3,(H3,13,14). The van der Waals surface area contributed by atoms with E-state index in [0.717, 1.165) is 11.3 Å². The first-order valence-corrected chi connectivity index (χ1v) is 5.05. The normalized spacial score (nSPS) is 12.2. The first kappa shape index (κ1) is 11.6. The lowest BCUT2D eigenvalue weighted by molar-refractivity contribution is 0.290. The van der Waals surface area contributed by atoms with Crippen molar-refractivity contribution >= 4 is 5.84 Å². The van der Waals surface area contributed by atoms with Gasteiger partial charge < -0.3 is 10.5 Å². The van der Waals surface area contributed by atoms with Crippen LogP contribution in [0.1, 0.15) is 18.1 Å². The predicted octanol–water partition coefficient (Wildman–Crippen LogP) is 2.25. The molecule has 0 saturated heterocycles. The molecule has 0 aromatic heterocycles. The third kappa shape index (κ3) is 2.98. The summed E-state index contributed by atoms with van der Waals surface area (Å²) in [5.74, 6) is 1.01. The topological polar surface area (TPSA) is 59.1 Å². The van der Waals surface area contributed by atoms with E-state index in [0.29, 0.717) is 6.61 Å². The van der Waals surface area contributed by atoms with Gasteiger partial charge in [-0.3, -0.25) is 5.41 Å². The maximum absolute atomic E-state index is 7.26. The van der Waals surface area contributed by atoms with Gasteiger partial charge in [-0.2, -0.15) is 0 Å². The van der Waals surface area contributed by atoms with Gasteiger partial charge >= 0.3 is 0 Å². The van der Waals surface area contributed by atoms with Crippen molar-refractivity contribution in [3.8, 4) is 5.75 Å². The molecule has 0 heterocycles. The SMILES string of the molecule is Cc1cccc(OCC(C)C(=N)N)c1C. The number of rotatable bonds is 4. The van der Waals surface area contributed by atoms with Crippen LogP contribution >= 0.6 is 0 Å². The van der Waals surface area contributed by atoms with Crippen LogP contribution in [0.15, 0.2) is 18.2 Å². The molecule has 1 atom stereocenters. The zero-order valence-electron chi connectivity index (χ0n) is 9.50. The second kappa shape index (κ2) is 4.82. The summed E-state index contributed by atoms with van der Waals surface area (Å²) in [5.41, 5.74) is 7.73. The van der Waals surface area contributed by atoms with E-state index in [2.05, 4.69) is 13.0 Å². The molecule has 1 rings (SSSR count). The van der Waals surface area contributed by atoms with E-state index in [-0.39, 0.29) is 11.8 Å². The maximum atomic E-state index is 7.26. The average molecular weight is 206 g/mol. The fraction of sp³-hybridized carbons (Fsp3) is 0.417. The molecular weight excluding hydrogens is 188 g/mol. The number of hydrogen-bond donors (Lipinski definition) is 2. The molecule has 3 nitrogen and oxygen atoms in total. The highest BCUT2D eigenvalue weighted by Gasteiger charge is 2.07. The van der Waals surface area contributed by atoms with Crippen molar-refractivity contribution in [3.63, 3.8) is 0 Å². The van der Waals surface area contributed by atoms with Crippen LogP contribution < -0.4 is 10.5 Å². The molecule has 0 aliphatic heterocycles. The van der Waals surface area contributed by atoms with Crippen LogP contribution in [0.4, 0.5) is 0 Å². The van der Waals surface area contributed by atoms with Crippen molar-refractivity contribution in [3.05, 3.63) is 29.3 Å². The number of nitrogens with one attached hydrogen (secondary N) is 1. The number of ether oxygens (including phenoxy) is 1. The lowest BCUT2D eigenvalue weighted by Gasteiger charge is -2.14. The molecular formula is C12H18N2O. The molecule has 82 valence electrons. The monoisotopic (exact) mass is 206 g/mol. The Bertz CT molecular complexity index is 361. The van der Waals surface area contributed by atoms with Gasteiger partial charge in [0.25, 0.3) is 0 Å². The third-order valence-corrected chi connectivity index (χ3v) is 2.57. The van der Waals surface area contributed by atoms with Crippen LogP contribution in [0.5, 0.6) is 5.75 Å². The first-order chi connectivity index (χ1) is 7.02. The number of amidine groups is 1. The van der Waals surface area contributed by atoms with Crippen molar-refractivity contribution in [2.45, 2.75) is 20.8 Å². The van der Waals surface area contributed by atoms with E-state index in [4.69, 9.17) is 15.9 Å². The maximum Gasteiger partial charge on any atom is 0.122 e. The lowest BCUT2D eigenvalue weighted by Crippen LogP contribution is -2.25. The second-order valence-electron chi connectivity index (χ2n) is 3.87. The minimum atomic E-state index is -0.0371. The van der Waals surface area contributed by atoms with Crippen molar-refractivity contribution < 1.29 is 4.74 Å². The fourth-order valence-electron chi connectivity index (χ4n) is 1.19. The van der Waals surface area contributed by atoms with Gasteiger partial charge in [-0.25, -0.2) is 0 Å². The highest BCUT2D eigenvalue weighted by atomic mass is 16.5. The molecule has 1 unspecified atom stereocenters. The molecule has 0 bridgehead atoms. The van der Waals surface area contributed by atoms with E-state index >= 15 is 0 Å². The molecule has 3 N–H and O–H groups in total. The van der Waals surface area contributed by atoms with Gasteiger partial charge in [-0.1, -0.05) is 19.1 Å². The Balaban J connectivity index is 2.66. The third-order valence-electron chi connectivity index (χ3n) is 2.57. The Morgan fingerprint density at radius 3 is 2.73 bits per heavy atom. The summed E-state index contributed by atoms with van der Waals surface area (Å²) in [6, 6.07) is 5.96. The molecule has 15 heavy (non-hydrogen) atoms. The van der Waals surface area contributed by atoms with E-state index in [9.17, 15) is 0 Å². The lowest BCUT2D eigenvalue weighted by atomic mass is 10.1. The van der Waals surface area contributed by atoms with Crippen LogP contribution in [0, 0.1) is 25.2 Å². The summed E-state index contributed by atoms with van der Waals surface area (Å²) in [7, 11) is 0. The highest BCUT2D eigenvalue weighted by Crippen LogP contribution is 2.20. The van der Waals surface area contributed by atoms with Gasteiger partial charge in [0, 0.05) is 5.92 Å². The Kier molecular flexibility index (Phi) is 3.72. The van der Waals surface area contributed by atoms with E-state index in [1.54, 1.807) is 0 Å². The van der Waals surface area contributed by atoms with Crippen LogP contribution in [0.25, 0.3) is 0 Å². The summed E-state index contributed by atoms with van der Waals surface area (Å²) in [5, 5.41) is 7.26. The molecule has 1 aromatic carbocycles. The molecule has 0 amide bonds. The van der Waals surface area contributed by atoms with Crippen molar-refractivity contribution in [2.75, 3.05) is 6.61 Å². The van der Waals surface area contributed by atoms with E-state index in [1.807, 2.05) is 26.0 Å². The van der Waals surface area contributed by atoms with Crippen molar-refractivity contribution in [2.24, 2.45) is 11.7 Å². The minimum absolute atomic E-state index is 0.0371. The highest BCUT2D eigenvalue weighted by molar-refractivity contribution is 5.79. The second-order valence-corrected chi connectivity index (χ2v) is 3.87. The van der Waals surface area contributed by atoms with Gasteiger partial charge in [0.05, 0.1) is 12.4 Å². The molecule has 0 aliphatic rings. The quantitative estimate of drug-likeness (QED) is 0.586. The molecule has 0 spiro atoms. The van der Waals surface area contributed by atoms with Crippen molar-refractivity contribution in [1.29, 1.82) is 5.41 Å². The van der Waals surface area contributed by atoms with Crippen LogP contribution in [-0.4, -0.2) is 12.4 Å². The summed E-state index contributed by atoms with van der Waals surface area (Å²) >= 11 is 0. The van der Waals surface area contributed by atoms with Gasteiger partial charge in [0.15, 0.2) is 0 Å². The summed E-state index contributed by atoms with van der Waals surface area (Å²) in [6.07, 6.45) is 0. The Morgan fingerprint density at radius 1 is 1.47 bits per heavy atom. The molecule has 3 heteroatoms. The number of hydrogen-bond acceptors (Lipinski definition) is 2. The zero-order chi connectivity index (χ0) is 11.4. The molecule has 0 aliphatic carbocycles. The van der Waals surface area contributed by atoms with Crippen LogP contribution in [-0.2, 0) is 0 Å². The van der Waals surface area contributed by atoms with Gasteiger partial charge in [-0.05, 0) is 31.0 Å². The van der Waals surface area contributed by atoms with E-state index in [1.165, 1.54) is 5.56 Å². The number of benzene rings is 1. The van der Waals surface area contributed by atoms with Gasteiger partial charge in [0.2, 0.25) is 0 Å². The number of nitrogens with two attached hydrogens (primary N) is 1. The zero-order valence-corrected chi connectivity index (χ0v) is 9.50. The molecule has 0 fully saturated rings. The minimum Gasteiger partial charge on any atom is -0.493 e. The Labute approximate surface area is 90.8 Å². The molecule has 0 saturated carbocycles. The molecule has 0 radical (unpaired) electrons. The summed E-state index contributed by atoms with van der Waals surface area (Å²) in [6.45, 7) is 6.42. The van der Waals surface area contributed by atoms with Crippen molar-refractivity contribution in [1.82, 2.24) is 0 Å². The largest absolute Gasteiger partial charge is 0.493 e. The number of aryl methyl sites for hydroxylation is 1. The summed E-state index contributed by atoms with van der Waals surface area (Å²) < 4.78 is 5.62. The molecule has 1 aromatic rings. The smallest absolute Gasteiger partial charge is 0.122 e. The van der Waals surface area contributed by atoms with Gasteiger partial charge in [0.1, 0.15) is 5.75 Å². The Morgan fingerprint density at radius 2 is 2.13 bits per heavy atom. The fourth-order valence-corrected chi connectivity index (χ4v) is 1.19. The summed E-state index contributed by atoms with van der Waals surface area (Å²) in [4.78, 5) is 0. The van der Waals surface area contributed by atoms with Gasteiger partial charge in [-0.15, -0.1) is 0 Å². The first-order valence-electron chi connectivity index (χ1n) is 5.05. The van der Waals surface area contributed by atoms with Crippen LogP contribution in [0.2, 0.25) is 0 Å².